The fraction of sp³-hybridized carbons (Fsp3) is 0.625. The third kappa shape index (κ3) is 4.48. The molecule has 2 saturated carbocycles. The molecular formula is C32H44Cl2N2O3. The molecule has 5 nitrogen and oxygen atoms in total. The van der Waals surface area contributed by atoms with E-state index in [1.54, 1.807) is 0 Å². The average molecular weight is 576 g/mol. The summed E-state index contributed by atoms with van der Waals surface area (Å²) < 4.78 is 6.87. The lowest BCUT2D eigenvalue weighted by Gasteiger charge is -2.65. The van der Waals surface area contributed by atoms with Crippen molar-refractivity contribution in [2.24, 2.45) is 5.92 Å². The van der Waals surface area contributed by atoms with Gasteiger partial charge in [0.05, 0.1) is 11.0 Å². The molecule has 3 aliphatic carbocycles. The highest BCUT2D eigenvalue weighted by Crippen LogP contribution is 2.66. The van der Waals surface area contributed by atoms with E-state index in [0.29, 0.717) is 5.75 Å². The Hall–Kier alpha value is -1.50. The van der Waals surface area contributed by atoms with Crippen molar-refractivity contribution in [2.75, 3.05) is 19.6 Å². The van der Waals surface area contributed by atoms with Crippen LogP contribution in [0.2, 0.25) is 0 Å². The van der Waals surface area contributed by atoms with Crippen molar-refractivity contribution in [1.82, 2.24) is 9.80 Å². The van der Waals surface area contributed by atoms with E-state index in [1.807, 2.05) is 6.07 Å². The molecule has 2 heterocycles. The van der Waals surface area contributed by atoms with E-state index in [2.05, 4.69) is 53.1 Å². The monoisotopic (exact) mass is 574 g/mol. The van der Waals surface area contributed by atoms with E-state index in [9.17, 15) is 10.2 Å². The number of hydrogen-bond donors (Lipinski definition) is 2. The summed E-state index contributed by atoms with van der Waals surface area (Å²) in [7, 11) is 0. The number of aromatic hydroxyl groups is 1. The Morgan fingerprint density at radius 1 is 1.03 bits per heavy atom. The fourth-order valence-electron chi connectivity index (χ4n) is 8.57. The number of phenolic OH excluding ortho intramolecular Hbond substituents is 1. The lowest BCUT2D eigenvalue weighted by molar-refractivity contribution is -0.201. The molecular weight excluding hydrogens is 531 g/mol. The minimum Gasteiger partial charge on any atom is -0.504 e. The van der Waals surface area contributed by atoms with Crippen molar-refractivity contribution in [3.63, 3.8) is 0 Å². The molecule has 39 heavy (non-hydrogen) atoms. The topological polar surface area (TPSA) is 56.2 Å². The Labute approximate surface area is 245 Å². The molecule has 0 radical (unpaired) electrons. The highest BCUT2D eigenvalue weighted by molar-refractivity contribution is 5.85. The third-order valence-corrected chi connectivity index (χ3v) is 10.5. The molecule has 2 bridgehead atoms. The zero-order valence-corrected chi connectivity index (χ0v) is 24.7. The highest BCUT2D eigenvalue weighted by Gasteiger charge is 2.73. The van der Waals surface area contributed by atoms with Crippen LogP contribution in [0.25, 0.3) is 0 Å². The molecule has 0 amide bonds. The molecule has 1 saturated heterocycles. The number of unbranched alkanes of at least 4 members (excludes halogenated alkanes) is 2. The lowest BCUT2D eigenvalue weighted by atomic mass is 9.48. The number of rotatable bonds is 9. The molecule has 7 heteroatoms. The molecule has 5 atom stereocenters. The standard InChI is InChI=1S/C32H42N2O3.2ClH/c1-2-3-7-17-33(20-22-8-5-4-6-9-22)25-14-15-32(36)27-19-24-12-13-26(35)29-28(24)31(32,30(25)37-29)16-18-34(27)21-23-10-11-23;;/h4-6,8-9,12-13,23,25,27,30,35-36H,2-3,7,10-11,14-21H2,1H3;2*1H/t25-,27-,30+,31+,32-;;/m1../s1. The Morgan fingerprint density at radius 2 is 1.82 bits per heavy atom. The van der Waals surface area contributed by atoms with Crippen molar-refractivity contribution < 1.29 is 14.9 Å². The third-order valence-electron chi connectivity index (χ3n) is 10.5. The number of aliphatic hydroxyl groups is 1. The van der Waals surface area contributed by atoms with Gasteiger partial charge in [-0.05, 0) is 81.1 Å². The van der Waals surface area contributed by atoms with Gasteiger partial charge >= 0.3 is 0 Å². The molecule has 2 aromatic carbocycles. The van der Waals surface area contributed by atoms with E-state index < -0.39 is 11.0 Å². The van der Waals surface area contributed by atoms with E-state index >= 15 is 0 Å². The van der Waals surface area contributed by atoms with Gasteiger partial charge < -0.3 is 14.9 Å². The molecule has 7 rings (SSSR count). The Morgan fingerprint density at radius 3 is 2.56 bits per heavy atom. The number of halogens is 2. The lowest BCUT2D eigenvalue weighted by Crippen LogP contribution is -2.78. The van der Waals surface area contributed by atoms with Crippen molar-refractivity contribution in [1.29, 1.82) is 0 Å². The van der Waals surface area contributed by atoms with Gasteiger partial charge in [0.25, 0.3) is 0 Å². The number of ether oxygens (including phenoxy) is 1. The van der Waals surface area contributed by atoms with Gasteiger partial charge in [-0.1, -0.05) is 56.2 Å². The second-order valence-corrected chi connectivity index (χ2v) is 12.6. The summed E-state index contributed by atoms with van der Waals surface area (Å²) in [5, 5.41) is 23.8. The van der Waals surface area contributed by atoms with Gasteiger partial charge in [-0.3, -0.25) is 9.80 Å². The van der Waals surface area contributed by atoms with Crippen molar-refractivity contribution in [2.45, 2.75) is 100 Å². The normalized spacial score (nSPS) is 32.1. The van der Waals surface area contributed by atoms with Gasteiger partial charge in [0, 0.05) is 30.7 Å². The second kappa shape index (κ2) is 11.1. The molecule has 3 fully saturated rings. The van der Waals surface area contributed by atoms with Gasteiger partial charge in [-0.2, -0.15) is 0 Å². The van der Waals surface area contributed by atoms with Crippen molar-refractivity contribution >= 4 is 24.8 Å². The maximum absolute atomic E-state index is 12.8. The summed E-state index contributed by atoms with van der Waals surface area (Å²) in [6.07, 6.45) is 9.63. The number of benzene rings is 2. The van der Waals surface area contributed by atoms with Crippen LogP contribution < -0.4 is 4.74 Å². The minimum atomic E-state index is -0.810. The Bertz CT molecular complexity index is 1160. The molecule has 2 N–H and O–H groups in total. The number of nitrogens with zero attached hydrogens (tertiary/aromatic N) is 2. The van der Waals surface area contributed by atoms with Crippen LogP contribution in [0, 0.1) is 5.92 Å². The predicted octanol–water partition coefficient (Wildman–Crippen LogP) is 5.86. The number of hydrogen-bond acceptors (Lipinski definition) is 5. The zero-order chi connectivity index (χ0) is 25.2. The molecule has 5 aliphatic rings. The quantitative estimate of drug-likeness (QED) is 0.367. The van der Waals surface area contributed by atoms with Gasteiger partial charge in [0.15, 0.2) is 11.5 Å². The smallest absolute Gasteiger partial charge is 0.165 e. The average Bonchev–Trinajstić information content (AvgIpc) is 3.64. The summed E-state index contributed by atoms with van der Waals surface area (Å²) in [6.45, 7) is 6.33. The number of piperidine rings is 1. The van der Waals surface area contributed by atoms with Gasteiger partial charge in [0.2, 0.25) is 0 Å². The molecule has 0 aromatic heterocycles. The first-order valence-corrected chi connectivity index (χ1v) is 14.8. The molecule has 214 valence electrons. The van der Waals surface area contributed by atoms with Gasteiger partial charge in [-0.25, -0.2) is 0 Å². The Balaban J connectivity index is 0.00000154. The van der Waals surface area contributed by atoms with Crippen LogP contribution >= 0.6 is 24.8 Å². The van der Waals surface area contributed by atoms with Crippen LogP contribution in [0.3, 0.4) is 0 Å². The van der Waals surface area contributed by atoms with E-state index in [1.165, 1.54) is 43.2 Å². The SMILES string of the molecule is CCCCCN(Cc1ccccc1)[C@@H]1CC[C@@]2(O)[C@H]3Cc4ccc(O)c5c4[C@@]2(CCN3CC2CC2)[C@H]1O5.Cl.Cl. The van der Waals surface area contributed by atoms with Crippen LogP contribution in [0.15, 0.2) is 42.5 Å². The van der Waals surface area contributed by atoms with E-state index in [-0.39, 0.29) is 48.8 Å². The van der Waals surface area contributed by atoms with Crippen LogP contribution in [-0.2, 0) is 18.4 Å². The number of phenols is 1. The molecule has 1 spiro atoms. The van der Waals surface area contributed by atoms with Crippen LogP contribution in [-0.4, -0.2) is 63.4 Å². The van der Waals surface area contributed by atoms with E-state index in [4.69, 9.17) is 4.74 Å². The first kappa shape index (κ1) is 29.0. The van der Waals surface area contributed by atoms with E-state index in [0.717, 1.165) is 63.3 Å². The first-order chi connectivity index (χ1) is 18.0. The molecule has 2 aromatic rings. The summed E-state index contributed by atoms with van der Waals surface area (Å²) in [6, 6.07) is 15.1. The number of likely N-dealkylation sites (tertiary alicyclic amines) is 1. The molecule has 0 unspecified atom stereocenters. The second-order valence-electron chi connectivity index (χ2n) is 12.6. The van der Waals surface area contributed by atoms with Gasteiger partial charge in [-0.15, -0.1) is 24.8 Å². The first-order valence-electron chi connectivity index (χ1n) is 14.8. The van der Waals surface area contributed by atoms with Crippen LogP contribution in [0.4, 0.5) is 0 Å². The summed E-state index contributed by atoms with van der Waals surface area (Å²) >= 11 is 0. The minimum absolute atomic E-state index is 0. The maximum atomic E-state index is 12.8. The predicted molar refractivity (Wildman–Crippen MR) is 159 cm³/mol. The summed E-state index contributed by atoms with van der Waals surface area (Å²) in [4.78, 5) is 5.27. The van der Waals surface area contributed by atoms with Crippen molar-refractivity contribution in [3.8, 4) is 11.5 Å². The summed E-state index contributed by atoms with van der Waals surface area (Å²) in [5.41, 5.74) is 2.50. The highest BCUT2D eigenvalue weighted by atomic mass is 35.5. The van der Waals surface area contributed by atoms with Gasteiger partial charge in [0.1, 0.15) is 6.10 Å². The van der Waals surface area contributed by atoms with Crippen LogP contribution in [0.1, 0.15) is 75.0 Å². The van der Waals surface area contributed by atoms with Crippen molar-refractivity contribution in [3.05, 3.63) is 59.2 Å². The van der Waals surface area contributed by atoms with Crippen LogP contribution in [0.5, 0.6) is 11.5 Å². The fourth-order valence-corrected chi connectivity index (χ4v) is 8.57. The molecule has 2 aliphatic heterocycles. The Kier molecular flexibility index (Phi) is 8.22. The summed E-state index contributed by atoms with van der Waals surface area (Å²) in [5.74, 6) is 1.71. The zero-order valence-electron chi connectivity index (χ0n) is 23.1. The largest absolute Gasteiger partial charge is 0.504 e. The maximum Gasteiger partial charge on any atom is 0.165 e.